The van der Waals surface area contributed by atoms with Crippen LogP contribution in [0.4, 0.5) is 17.3 Å². The molecule has 0 aliphatic carbocycles. The summed E-state index contributed by atoms with van der Waals surface area (Å²) in [6, 6.07) is 15.4. The van der Waals surface area contributed by atoms with Crippen LogP contribution in [0.15, 0.2) is 53.9 Å². The fourth-order valence-electron chi connectivity index (χ4n) is 3.21. The minimum absolute atomic E-state index is 0.164. The molecule has 0 atom stereocenters. The normalized spacial score (nSPS) is 14.0. The fraction of sp³-hybridized carbons (Fsp3) is 0.250. The predicted octanol–water partition coefficient (Wildman–Crippen LogP) is 3.13. The van der Waals surface area contributed by atoms with Gasteiger partial charge in [0.1, 0.15) is 5.75 Å². The van der Waals surface area contributed by atoms with Crippen LogP contribution in [0.2, 0.25) is 0 Å². The summed E-state index contributed by atoms with van der Waals surface area (Å²) in [5.74, 6) is 1.99. The molecule has 28 heavy (non-hydrogen) atoms. The summed E-state index contributed by atoms with van der Waals surface area (Å²) in [6.07, 6.45) is 0. The van der Waals surface area contributed by atoms with Gasteiger partial charge in [-0.3, -0.25) is 4.79 Å². The molecule has 1 N–H and O–H groups in total. The van der Waals surface area contributed by atoms with E-state index in [1.165, 1.54) is 11.3 Å². The second kappa shape index (κ2) is 8.26. The van der Waals surface area contributed by atoms with Gasteiger partial charge < -0.3 is 19.9 Å². The second-order valence-electron chi connectivity index (χ2n) is 6.35. The van der Waals surface area contributed by atoms with Gasteiger partial charge in [-0.1, -0.05) is 18.2 Å². The highest BCUT2D eigenvalue weighted by Gasteiger charge is 2.20. The first kappa shape index (κ1) is 18.2. The molecular formula is C20H21N5O2S. The van der Waals surface area contributed by atoms with Gasteiger partial charge in [0.15, 0.2) is 11.6 Å². The van der Waals surface area contributed by atoms with Gasteiger partial charge in [0.2, 0.25) is 0 Å². The minimum Gasteiger partial charge on any atom is -0.495 e. The first-order valence-electron chi connectivity index (χ1n) is 9.06. The number of carbonyl (C=O) groups is 1. The zero-order valence-electron chi connectivity index (χ0n) is 15.5. The SMILES string of the molecule is COc1ccccc1N1CCN(c2ccc(NC(=O)c3cccs3)nn2)CC1. The van der Waals surface area contributed by atoms with Gasteiger partial charge in [-0.25, -0.2) is 0 Å². The minimum atomic E-state index is -0.164. The quantitative estimate of drug-likeness (QED) is 0.716. The summed E-state index contributed by atoms with van der Waals surface area (Å²) >= 11 is 1.40. The summed E-state index contributed by atoms with van der Waals surface area (Å²) in [5.41, 5.74) is 1.11. The van der Waals surface area contributed by atoms with Crippen molar-refractivity contribution in [1.82, 2.24) is 10.2 Å². The van der Waals surface area contributed by atoms with Crippen molar-refractivity contribution in [2.24, 2.45) is 0 Å². The molecule has 144 valence electrons. The lowest BCUT2D eigenvalue weighted by atomic mass is 10.2. The molecule has 0 saturated carbocycles. The third kappa shape index (κ3) is 3.91. The number of nitrogens with zero attached hydrogens (tertiary/aromatic N) is 4. The van der Waals surface area contributed by atoms with Gasteiger partial charge in [0.25, 0.3) is 5.91 Å². The largest absolute Gasteiger partial charge is 0.495 e. The van der Waals surface area contributed by atoms with E-state index in [-0.39, 0.29) is 5.91 Å². The summed E-state index contributed by atoms with van der Waals surface area (Å²) in [7, 11) is 1.70. The summed E-state index contributed by atoms with van der Waals surface area (Å²) in [6.45, 7) is 3.43. The number of nitrogens with one attached hydrogen (secondary N) is 1. The van der Waals surface area contributed by atoms with Crippen LogP contribution in [0.3, 0.4) is 0 Å². The number of hydrogen-bond acceptors (Lipinski definition) is 7. The predicted molar refractivity (Wildman–Crippen MR) is 112 cm³/mol. The molecular weight excluding hydrogens is 374 g/mol. The lowest BCUT2D eigenvalue weighted by Gasteiger charge is -2.37. The average Bonchev–Trinajstić information content (AvgIpc) is 3.30. The Labute approximate surface area is 167 Å². The fourth-order valence-corrected chi connectivity index (χ4v) is 3.83. The monoisotopic (exact) mass is 395 g/mol. The molecule has 1 fully saturated rings. The van der Waals surface area contributed by atoms with Gasteiger partial charge in [-0.2, -0.15) is 0 Å². The van der Waals surface area contributed by atoms with E-state index in [0.717, 1.165) is 43.4 Å². The van der Waals surface area contributed by atoms with Gasteiger partial charge >= 0.3 is 0 Å². The van der Waals surface area contributed by atoms with Gasteiger partial charge in [-0.05, 0) is 35.7 Å². The van der Waals surface area contributed by atoms with Gasteiger partial charge in [-0.15, -0.1) is 21.5 Å². The molecule has 1 aliphatic heterocycles. The van der Waals surface area contributed by atoms with Crippen LogP contribution in [0, 0.1) is 0 Å². The van der Waals surface area contributed by atoms with Crippen molar-refractivity contribution in [3.63, 3.8) is 0 Å². The first-order chi connectivity index (χ1) is 13.7. The van der Waals surface area contributed by atoms with E-state index >= 15 is 0 Å². The molecule has 8 heteroatoms. The van der Waals surface area contributed by atoms with E-state index in [9.17, 15) is 4.79 Å². The Balaban J connectivity index is 1.36. The molecule has 0 unspecified atom stereocenters. The number of anilines is 3. The summed E-state index contributed by atoms with van der Waals surface area (Å²) in [5, 5.41) is 13.1. The van der Waals surface area contributed by atoms with Crippen LogP contribution in [0.25, 0.3) is 0 Å². The van der Waals surface area contributed by atoms with Crippen molar-refractivity contribution in [2.45, 2.75) is 0 Å². The molecule has 0 radical (unpaired) electrons. The number of hydrogen-bond donors (Lipinski definition) is 1. The van der Waals surface area contributed by atoms with Crippen molar-refractivity contribution >= 4 is 34.6 Å². The molecule has 3 heterocycles. The Kier molecular flexibility index (Phi) is 5.38. The van der Waals surface area contributed by atoms with Gasteiger partial charge in [0.05, 0.1) is 17.7 Å². The number of para-hydroxylation sites is 2. The Morgan fingerprint density at radius 2 is 1.79 bits per heavy atom. The molecule has 7 nitrogen and oxygen atoms in total. The van der Waals surface area contributed by atoms with Crippen molar-refractivity contribution < 1.29 is 9.53 Å². The molecule has 2 aromatic heterocycles. The topological polar surface area (TPSA) is 70.6 Å². The summed E-state index contributed by atoms with van der Waals surface area (Å²) < 4.78 is 5.47. The molecule has 0 bridgehead atoms. The van der Waals surface area contributed by atoms with Crippen LogP contribution in [0.1, 0.15) is 9.67 Å². The maximum absolute atomic E-state index is 12.1. The highest BCUT2D eigenvalue weighted by atomic mass is 32.1. The van der Waals surface area contributed by atoms with Crippen LogP contribution in [-0.4, -0.2) is 49.4 Å². The molecule has 0 spiro atoms. The number of thiophene rings is 1. The van der Waals surface area contributed by atoms with E-state index < -0.39 is 0 Å². The van der Waals surface area contributed by atoms with E-state index in [2.05, 4.69) is 31.4 Å². The molecule has 1 aliphatic rings. The second-order valence-corrected chi connectivity index (χ2v) is 7.30. The smallest absolute Gasteiger partial charge is 0.266 e. The first-order valence-corrected chi connectivity index (χ1v) is 9.94. The van der Waals surface area contributed by atoms with Crippen LogP contribution in [-0.2, 0) is 0 Å². The molecule has 3 aromatic rings. The Bertz CT molecular complexity index is 922. The van der Waals surface area contributed by atoms with E-state index in [1.54, 1.807) is 19.2 Å². The molecule has 1 saturated heterocycles. The Morgan fingerprint density at radius 3 is 2.46 bits per heavy atom. The van der Waals surface area contributed by atoms with Crippen LogP contribution >= 0.6 is 11.3 Å². The highest BCUT2D eigenvalue weighted by Crippen LogP contribution is 2.29. The zero-order valence-corrected chi connectivity index (χ0v) is 16.4. The molecule has 1 amide bonds. The van der Waals surface area contributed by atoms with Crippen molar-refractivity contribution in [3.8, 4) is 5.75 Å². The number of methoxy groups -OCH3 is 1. The number of amides is 1. The standard InChI is InChI=1S/C20H21N5O2S/c1-27-16-6-3-2-5-15(16)24-10-12-25(13-11-24)19-9-8-18(22-23-19)21-20(26)17-7-4-14-28-17/h2-9,14H,10-13H2,1H3,(H,21,22,26). The lowest BCUT2D eigenvalue weighted by molar-refractivity contribution is 0.103. The third-order valence-electron chi connectivity index (χ3n) is 4.67. The maximum Gasteiger partial charge on any atom is 0.266 e. The van der Waals surface area contributed by atoms with Crippen molar-refractivity contribution in [1.29, 1.82) is 0 Å². The average molecular weight is 395 g/mol. The van der Waals surface area contributed by atoms with Crippen LogP contribution < -0.4 is 19.9 Å². The molecule has 4 rings (SSSR count). The van der Waals surface area contributed by atoms with E-state index in [1.807, 2.05) is 35.7 Å². The maximum atomic E-state index is 12.1. The Morgan fingerprint density at radius 1 is 1.00 bits per heavy atom. The lowest BCUT2D eigenvalue weighted by Crippen LogP contribution is -2.47. The number of ether oxygens (including phenoxy) is 1. The highest BCUT2D eigenvalue weighted by molar-refractivity contribution is 7.12. The van der Waals surface area contributed by atoms with E-state index in [4.69, 9.17) is 4.74 Å². The number of aromatic nitrogens is 2. The zero-order chi connectivity index (χ0) is 19.3. The van der Waals surface area contributed by atoms with Gasteiger partial charge in [0, 0.05) is 26.2 Å². The number of carbonyl (C=O) groups excluding carboxylic acids is 1. The van der Waals surface area contributed by atoms with E-state index in [0.29, 0.717) is 10.7 Å². The summed E-state index contributed by atoms with van der Waals surface area (Å²) in [4.78, 5) is 17.3. The number of benzene rings is 1. The Hall–Kier alpha value is -3.13. The number of piperazine rings is 1. The third-order valence-corrected chi connectivity index (χ3v) is 5.54. The van der Waals surface area contributed by atoms with Crippen molar-refractivity contribution in [3.05, 3.63) is 58.8 Å². The van der Waals surface area contributed by atoms with Crippen LogP contribution in [0.5, 0.6) is 5.75 Å². The molecule has 1 aromatic carbocycles. The van der Waals surface area contributed by atoms with Crippen molar-refractivity contribution in [2.75, 3.05) is 48.4 Å². The number of rotatable bonds is 5.